The number of sulfonamides is 1. The van der Waals surface area contributed by atoms with E-state index in [9.17, 15) is 26.4 Å². The van der Waals surface area contributed by atoms with E-state index in [2.05, 4.69) is 0 Å². The van der Waals surface area contributed by atoms with E-state index in [1.807, 2.05) is 12.2 Å². The van der Waals surface area contributed by atoms with Crippen molar-refractivity contribution in [2.24, 2.45) is 0 Å². The first-order chi connectivity index (χ1) is 12.6. The summed E-state index contributed by atoms with van der Waals surface area (Å²) < 4.78 is 68.3. The summed E-state index contributed by atoms with van der Waals surface area (Å²) in [5.41, 5.74) is -0.148. The highest BCUT2D eigenvalue weighted by Crippen LogP contribution is 2.23. The Hall–Kier alpha value is -2.03. The van der Waals surface area contributed by atoms with Crippen molar-refractivity contribution in [3.8, 4) is 5.75 Å². The highest BCUT2D eigenvalue weighted by molar-refractivity contribution is 7.89. The predicted molar refractivity (Wildman–Crippen MR) is 95.0 cm³/mol. The number of rotatable bonds is 7. The maximum Gasteiger partial charge on any atom is 0.407 e. The van der Waals surface area contributed by atoms with Gasteiger partial charge in [0.25, 0.3) is 5.91 Å². The fourth-order valence-corrected chi connectivity index (χ4v) is 4.14. The lowest BCUT2D eigenvalue weighted by Gasteiger charge is -2.24. The van der Waals surface area contributed by atoms with Gasteiger partial charge in [0.1, 0.15) is 18.4 Å². The molecule has 1 aromatic carbocycles. The molecule has 9 heteroatoms. The van der Waals surface area contributed by atoms with Crippen molar-refractivity contribution in [2.45, 2.75) is 44.9 Å². The molecule has 0 bridgehead atoms. The number of carbonyl (C=O) groups excluding carboxylic acids is 1. The number of carbonyl (C=O) groups is 1. The summed E-state index contributed by atoms with van der Waals surface area (Å²) in [6, 6.07) is 5.45. The highest BCUT2D eigenvalue weighted by Gasteiger charge is 2.39. The molecular weight excluding hydrogens is 383 g/mol. The minimum atomic E-state index is -4.83. The quantitative estimate of drug-likeness (QED) is 0.645. The maximum atomic E-state index is 12.8. The van der Waals surface area contributed by atoms with Gasteiger partial charge in [-0.25, -0.2) is 12.7 Å². The van der Waals surface area contributed by atoms with Crippen molar-refractivity contribution in [1.82, 2.24) is 4.31 Å². The number of ether oxygens (including phenoxy) is 1. The zero-order chi connectivity index (χ0) is 20.1. The molecule has 27 heavy (non-hydrogen) atoms. The van der Waals surface area contributed by atoms with Crippen LogP contribution < -0.4 is 4.74 Å². The molecule has 0 saturated carbocycles. The molecule has 2 rings (SSSR count). The lowest BCUT2D eigenvalue weighted by atomic mass is 10.1. The third-order valence-corrected chi connectivity index (χ3v) is 5.84. The van der Waals surface area contributed by atoms with Crippen LogP contribution in [0.2, 0.25) is 0 Å². The van der Waals surface area contributed by atoms with E-state index in [-0.39, 0.29) is 22.4 Å². The minimum Gasteiger partial charge on any atom is -0.486 e. The van der Waals surface area contributed by atoms with Crippen LogP contribution >= 0.6 is 0 Å². The molecule has 1 atom stereocenters. The predicted octanol–water partition coefficient (Wildman–Crippen LogP) is 3.92. The fraction of sp³-hybridized carbons (Fsp3) is 0.500. The van der Waals surface area contributed by atoms with Crippen molar-refractivity contribution < 1.29 is 31.1 Å². The third-order valence-electron chi connectivity index (χ3n) is 3.95. The lowest BCUT2D eigenvalue weighted by Crippen LogP contribution is -2.44. The third kappa shape index (κ3) is 6.27. The average molecular weight is 405 g/mol. The summed E-state index contributed by atoms with van der Waals surface area (Å²) in [5, 5.41) is 0. The summed E-state index contributed by atoms with van der Waals surface area (Å²) >= 11 is 0. The van der Waals surface area contributed by atoms with Gasteiger partial charge in [0, 0.05) is 5.56 Å². The van der Waals surface area contributed by atoms with Crippen LogP contribution in [0.1, 0.15) is 43.0 Å². The Morgan fingerprint density at radius 1 is 1.26 bits per heavy atom. The average Bonchev–Trinajstić information content (AvgIpc) is 2.60. The van der Waals surface area contributed by atoms with Gasteiger partial charge in [0.2, 0.25) is 10.0 Å². The van der Waals surface area contributed by atoms with Gasteiger partial charge in [-0.05, 0) is 56.0 Å². The van der Waals surface area contributed by atoms with E-state index in [4.69, 9.17) is 4.74 Å². The summed E-state index contributed by atoms with van der Waals surface area (Å²) in [7, 11) is -4.36. The Labute approximate surface area is 156 Å². The monoisotopic (exact) mass is 405 g/mol. The van der Waals surface area contributed by atoms with Crippen LogP contribution in [-0.2, 0) is 10.0 Å². The maximum absolute atomic E-state index is 12.8. The molecule has 1 unspecified atom stereocenters. The minimum absolute atomic E-state index is 0.0908. The van der Waals surface area contributed by atoms with Gasteiger partial charge in [-0.1, -0.05) is 13.0 Å². The van der Waals surface area contributed by atoms with Crippen molar-refractivity contribution in [3.63, 3.8) is 0 Å². The van der Waals surface area contributed by atoms with Gasteiger partial charge in [-0.3, -0.25) is 4.79 Å². The highest BCUT2D eigenvalue weighted by atomic mass is 32.2. The van der Waals surface area contributed by atoms with Crippen LogP contribution in [0.5, 0.6) is 5.75 Å². The summed E-state index contributed by atoms with van der Waals surface area (Å²) in [4.78, 5) is 12.4. The standard InChI is InChI=1S/C18H22F3NO4S/c1-2-12-27(24,25)22(13-18(19,20)21)17(23)14-8-10-16(11-9-14)26-15-6-4-3-5-7-15/h4,6,8-11,15H,2-3,5,7,12-13H2,1H3. The zero-order valence-electron chi connectivity index (χ0n) is 14.9. The lowest BCUT2D eigenvalue weighted by molar-refractivity contribution is -0.132. The molecule has 1 aliphatic carbocycles. The van der Waals surface area contributed by atoms with Crippen molar-refractivity contribution in [1.29, 1.82) is 0 Å². The van der Waals surface area contributed by atoms with Crippen LogP contribution in [0.25, 0.3) is 0 Å². The second-order valence-electron chi connectivity index (χ2n) is 6.28. The smallest absolute Gasteiger partial charge is 0.407 e. The Morgan fingerprint density at radius 3 is 2.44 bits per heavy atom. The van der Waals surface area contributed by atoms with Crippen molar-refractivity contribution >= 4 is 15.9 Å². The SMILES string of the molecule is CCCS(=O)(=O)N(CC(F)(F)F)C(=O)c1ccc(OC2C=CCCC2)cc1. The van der Waals surface area contributed by atoms with Gasteiger partial charge in [-0.2, -0.15) is 13.2 Å². The molecule has 0 N–H and O–H groups in total. The van der Waals surface area contributed by atoms with Crippen LogP contribution in [0.3, 0.4) is 0 Å². The molecular formula is C18H22F3NO4S. The van der Waals surface area contributed by atoms with Crippen LogP contribution in [0.4, 0.5) is 13.2 Å². The molecule has 0 aromatic heterocycles. The van der Waals surface area contributed by atoms with E-state index < -0.39 is 34.4 Å². The Morgan fingerprint density at radius 2 is 1.93 bits per heavy atom. The van der Waals surface area contributed by atoms with Gasteiger partial charge < -0.3 is 4.74 Å². The van der Waals surface area contributed by atoms with Gasteiger partial charge in [0.15, 0.2) is 0 Å². The van der Waals surface area contributed by atoms with Gasteiger partial charge in [0.05, 0.1) is 5.75 Å². The van der Waals surface area contributed by atoms with Crippen molar-refractivity contribution in [2.75, 3.05) is 12.3 Å². The molecule has 0 fully saturated rings. The number of hydrogen-bond acceptors (Lipinski definition) is 4. The van der Waals surface area contributed by atoms with Crippen LogP contribution in [0.15, 0.2) is 36.4 Å². The van der Waals surface area contributed by atoms with E-state index >= 15 is 0 Å². The second kappa shape index (κ2) is 8.77. The number of allylic oxidation sites excluding steroid dienone is 1. The molecule has 0 aliphatic heterocycles. The Bertz CT molecular complexity index is 773. The van der Waals surface area contributed by atoms with E-state index in [0.29, 0.717) is 5.75 Å². The topological polar surface area (TPSA) is 63.7 Å². The largest absolute Gasteiger partial charge is 0.486 e. The first-order valence-corrected chi connectivity index (χ1v) is 10.3. The van der Waals surface area contributed by atoms with Crippen molar-refractivity contribution in [3.05, 3.63) is 42.0 Å². The fourth-order valence-electron chi connectivity index (χ4n) is 2.70. The molecule has 0 spiro atoms. The van der Waals surface area contributed by atoms with E-state index in [0.717, 1.165) is 19.3 Å². The number of hydrogen-bond donors (Lipinski definition) is 0. The van der Waals surface area contributed by atoms with Crippen LogP contribution in [-0.4, -0.2) is 43.2 Å². The number of benzene rings is 1. The molecule has 1 amide bonds. The normalized spacial score (nSPS) is 17.6. The Balaban J connectivity index is 2.18. The van der Waals surface area contributed by atoms with Gasteiger partial charge in [-0.15, -0.1) is 0 Å². The van der Waals surface area contributed by atoms with Gasteiger partial charge >= 0.3 is 6.18 Å². The molecule has 150 valence electrons. The summed E-state index contributed by atoms with van der Waals surface area (Å²) in [5.74, 6) is -1.28. The first kappa shape index (κ1) is 21.3. The number of nitrogens with zero attached hydrogens (tertiary/aromatic N) is 1. The molecule has 1 aliphatic rings. The molecule has 5 nitrogen and oxygen atoms in total. The number of amides is 1. The van der Waals surface area contributed by atoms with E-state index in [1.54, 1.807) is 0 Å². The number of halogens is 3. The zero-order valence-corrected chi connectivity index (χ0v) is 15.7. The Kier molecular flexibility index (Phi) is 6.91. The summed E-state index contributed by atoms with van der Waals surface area (Å²) in [6.45, 7) is -0.334. The second-order valence-corrected chi connectivity index (χ2v) is 8.30. The molecule has 0 radical (unpaired) electrons. The molecule has 1 aromatic rings. The number of alkyl halides is 3. The van der Waals surface area contributed by atoms with E-state index in [1.165, 1.54) is 31.2 Å². The summed E-state index contributed by atoms with van der Waals surface area (Å²) in [6.07, 6.45) is 1.98. The van der Waals surface area contributed by atoms with Crippen LogP contribution in [0, 0.1) is 0 Å². The molecule has 0 heterocycles. The molecule has 0 saturated heterocycles. The first-order valence-electron chi connectivity index (χ1n) is 8.67.